The Morgan fingerprint density at radius 2 is 2.00 bits per heavy atom. The first-order valence-corrected chi connectivity index (χ1v) is 8.70. The second-order valence-corrected chi connectivity index (χ2v) is 8.49. The van der Waals surface area contributed by atoms with Gasteiger partial charge in [-0.25, -0.2) is 0 Å². The van der Waals surface area contributed by atoms with Gasteiger partial charge in [0.25, 0.3) is 0 Å². The fraction of sp³-hybridized carbons (Fsp3) is 0.889. The molecule has 1 heterocycles. The van der Waals surface area contributed by atoms with Crippen molar-refractivity contribution >= 4 is 11.9 Å². The van der Waals surface area contributed by atoms with E-state index >= 15 is 0 Å². The number of aliphatic carboxylic acids is 1. The average molecular weight is 325 g/mol. The van der Waals surface area contributed by atoms with E-state index < -0.39 is 11.4 Å². The molecule has 0 aromatic rings. The zero-order chi connectivity index (χ0) is 17.3. The van der Waals surface area contributed by atoms with Crippen LogP contribution in [0.15, 0.2) is 0 Å². The van der Waals surface area contributed by atoms with Crippen LogP contribution in [0, 0.1) is 22.7 Å². The molecule has 0 bridgehead atoms. The summed E-state index contributed by atoms with van der Waals surface area (Å²) in [4.78, 5) is 26.5. The number of rotatable bonds is 4. The van der Waals surface area contributed by atoms with Gasteiger partial charge in [-0.3, -0.25) is 9.59 Å². The van der Waals surface area contributed by atoms with Gasteiger partial charge in [0.2, 0.25) is 5.91 Å². The zero-order valence-corrected chi connectivity index (χ0v) is 14.9. The van der Waals surface area contributed by atoms with E-state index in [1.165, 1.54) is 7.11 Å². The molecule has 1 saturated heterocycles. The summed E-state index contributed by atoms with van der Waals surface area (Å²) in [5.74, 6) is -0.137. The molecule has 0 aromatic heterocycles. The number of nitrogens with zero attached hydrogens (tertiary/aromatic N) is 1. The van der Waals surface area contributed by atoms with Gasteiger partial charge in [-0.2, -0.15) is 0 Å². The van der Waals surface area contributed by atoms with Crippen LogP contribution in [-0.2, 0) is 14.3 Å². The molecule has 132 valence electrons. The molecular formula is C18H31NO4. The molecule has 2 rings (SSSR count). The summed E-state index contributed by atoms with van der Waals surface area (Å²) >= 11 is 0. The molecule has 2 fully saturated rings. The number of carboxylic acid groups (broad SMARTS) is 1. The molecule has 1 aliphatic heterocycles. The second-order valence-electron chi connectivity index (χ2n) is 8.49. The molecule has 0 aromatic carbocycles. The predicted octanol–water partition coefficient (Wildman–Crippen LogP) is 2.79. The quantitative estimate of drug-likeness (QED) is 0.863. The lowest BCUT2D eigenvalue weighted by Gasteiger charge is -2.44. The second kappa shape index (κ2) is 6.80. The van der Waals surface area contributed by atoms with Crippen molar-refractivity contribution in [3.05, 3.63) is 0 Å². The van der Waals surface area contributed by atoms with Gasteiger partial charge in [0.05, 0.1) is 6.61 Å². The number of carbonyl (C=O) groups is 2. The molecule has 23 heavy (non-hydrogen) atoms. The van der Waals surface area contributed by atoms with Crippen molar-refractivity contribution in [3.8, 4) is 0 Å². The van der Waals surface area contributed by atoms with Crippen LogP contribution in [-0.4, -0.2) is 48.7 Å². The maximum atomic E-state index is 13.0. The van der Waals surface area contributed by atoms with Crippen molar-refractivity contribution in [2.75, 3.05) is 26.8 Å². The summed E-state index contributed by atoms with van der Waals surface area (Å²) in [5, 5.41) is 9.64. The number of carbonyl (C=O) groups excluding carboxylic acids is 1. The summed E-state index contributed by atoms with van der Waals surface area (Å²) in [6.45, 7) is 7.78. The van der Waals surface area contributed by atoms with Gasteiger partial charge in [-0.1, -0.05) is 20.8 Å². The number of hydrogen-bond donors (Lipinski definition) is 1. The predicted molar refractivity (Wildman–Crippen MR) is 88.0 cm³/mol. The summed E-state index contributed by atoms with van der Waals surface area (Å²) in [6, 6.07) is 0. The molecule has 5 heteroatoms. The van der Waals surface area contributed by atoms with E-state index in [9.17, 15) is 14.7 Å². The molecule has 3 atom stereocenters. The topological polar surface area (TPSA) is 66.8 Å². The van der Waals surface area contributed by atoms with E-state index in [0.29, 0.717) is 18.9 Å². The third-order valence-electron chi connectivity index (χ3n) is 5.50. The van der Waals surface area contributed by atoms with E-state index in [1.54, 1.807) is 4.90 Å². The molecule has 0 spiro atoms. The highest BCUT2D eigenvalue weighted by molar-refractivity contribution is 5.81. The minimum atomic E-state index is -0.946. The van der Waals surface area contributed by atoms with Crippen LogP contribution in [0.3, 0.4) is 0 Å². The van der Waals surface area contributed by atoms with Gasteiger partial charge in [-0.15, -0.1) is 0 Å². The van der Waals surface area contributed by atoms with E-state index in [0.717, 1.165) is 25.7 Å². The maximum Gasteiger partial charge on any atom is 0.313 e. The lowest BCUT2D eigenvalue weighted by atomic mass is 9.67. The largest absolute Gasteiger partial charge is 0.481 e. The van der Waals surface area contributed by atoms with E-state index in [-0.39, 0.29) is 30.4 Å². The molecule has 1 saturated carbocycles. The summed E-state index contributed by atoms with van der Waals surface area (Å²) in [5.41, 5.74) is -0.761. The van der Waals surface area contributed by atoms with Crippen molar-refractivity contribution in [1.82, 2.24) is 4.90 Å². The minimum Gasteiger partial charge on any atom is -0.481 e. The van der Waals surface area contributed by atoms with Crippen molar-refractivity contribution < 1.29 is 19.4 Å². The Bertz CT molecular complexity index is 458. The monoisotopic (exact) mass is 325 g/mol. The smallest absolute Gasteiger partial charge is 0.313 e. The van der Waals surface area contributed by atoms with Gasteiger partial charge >= 0.3 is 5.97 Å². The third kappa shape index (κ3) is 4.06. The summed E-state index contributed by atoms with van der Waals surface area (Å²) in [6.07, 6.45) is 4.28. The van der Waals surface area contributed by atoms with Gasteiger partial charge in [-0.05, 0) is 43.4 Å². The summed E-state index contributed by atoms with van der Waals surface area (Å²) < 4.78 is 5.15. The van der Waals surface area contributed by atoms with Gasteiger partial charge in [0, 0.05) is 26.1 Å². The Labute approximate surface area is 139 Å². The standard InChI is InChI=1S/C18H31NO4/c1-13-8-14(10-17(2,3)9-13)15(20)19-7-5-6-18(11-19,12-23-4)16(21)22/h13-14H,5-12H2,1-4H3,(H,21,22). The van der Waals surface area contributed by atoms with Crippen LogP contribution >= 0.6 is 0 Å². The first-order valence-electron chi connectivity index (χ1n) is 8.70. The number of piperidine rings is 1. The van der Waals surface area contributed by atoms with Crippen molar-refractivity contribution in [1.29, 1.82) is 0 Å². The number of ether oxygens (including phenoxy) is 1. The van der Waals surface area contributed by atoms with Crippen LogP contribution in [0.4, 0.5) is 0 Å². The van der Waals surface area contributed by atoms with Gasteiger partial charge in [0.1, 0.15) is 5.41 Å². The highest BCUT2D eigenvalue weighted by atomic mass is 16.5. The van der Waals surface area contributed by atoms with Crippen molar-refractivity contribution in [2.45, 2.75) is 52.9 Å². The lowest BCUT2D eigenvalue weighted by Crippen LogP contribution is -2.54. The van der Waals surface area contributed by atoms with E-state index in [2.05, 4.69) is 20.8 Å². The van der Waals surface area contributed by atoms with E-state index in [1.807, 2.05) is 0 Å². The minimum absolute atomic E-state index is 0.0286. The SMILES string of the molecule is COCC1(C(=O)O)CCCN(C(=O)C2CC(C)CC(C)(C)C2)C1. The number of hydrogen-bond acceptors (Lipinski definition) is 3. The lowest BCUT2D eigenvalue weighted by molar-refractivity contribution is -0.160. The normalized spacial score (nSPS) is 34.2. The Kier molecular flexibility index (Phi) is 5.39. The Morgan fingerprint density at radius 1 is 1.30 bits per heavy atom. The third-order valence-corrected chi connectivity index (χ3v) is 5.50. The average Bonchev–Trinajstić information content (AvgIpc) is 2.44. The first kappa shape index (κ1) is 18.2. The molecule has 1 amide bonds. The molecule has 2 aliphatic rings. The van der Waals surface area contributed by atoms with Crippen LogP contribution in [0.5, 0.6) is 0 Å². The maximum absolute atomic E-state index is 13.0. The molecular weight excluding hydrogens is 294 g/mol. The fourth-order valence-electron chi connectivity index (χ4n) is 4.74. The highest BCUT2D eigenvalue weighted by Crippen LogP contribution is 2.43. The zero-order valence-electron chi connectivity index (χ0n) is 14.9. The van der Waals surface area contributed by atoms with Crippen LogP contribution < -0.4 is 0 Å². The van der Waals surface area contributed by atoms with Gasteiger partial charge in [0.15, 0.2) is 0 Å². The first-order chi connectivity index (χ1) is 10.7. The molecule has 1 aliphatic carbocycles. The van der Waals surface area contributed by atoms with E-state index in [4.69, 9.17) is 4.74 Å². The Morgan fingerprint density at radius 3 is 2.57 bits per heavy atom. The molecule has 5 nitrogen and oxygen atoms in total. The van der Waals surface area contributed by atoms with Crippen LogP contribution in [0.1, 0.15) is 52.9 Å². The number of amides is 1. The summed E-state index contributed by atoms with van der Waals surface area (Å²) in [7, 11) is 1.52. The Balaban J connectivity index is 2.11. The van der Waals surface area contributed by atoms with Crippen LogP contribution in [0.25, 0.3) is 0 Å². The molecule has 1 N–H and O–H groups in total. The molecule has 3 unspecified atom stereocenters. The van der Waals surface area contributed by atoms with Crippen molar-refractivity contribution in [3.63, 3.8) is 0 Å². The number of likely N-dealkylation sites (tertiary alicyclic amines) is 1. The van der Waals surface area contributed by atoms with Gasteiger partial charge < -0.3 is 14.7 Å². The number of methoxy groups -OCH3 is 1. The Hall–Kier alpha value is -1.10. The molecule has 0 radical (unpaired) electrons. The van der Waals surface area contributed by atoms with Crippen molar-refractivity contribution in [2.24, 2.45) is 22.7 Å². The number of carboxylic acids is 1. The van der Waals surface area contributed by atoms with Crippen LogP contribution in [0.2, 0.25) is 0 Å². The fourth-order valence-corrected chi connectivity index (χ4v) is 4.74. The highest BCUT2D eigenvalue weighted by Gasteiger charge is 2.46.